The number of nitrogens with one attached hydrogen (secondary N) is 2. The summed E-state index contributed by atoms with van der Waals surface area (Å²) >= 11 is 0. The summed E-state index contributed by atoms with van der Waals surface area (Å²) in [7, 11) is 1.55. The number of carbonyl (C=O) groups excluding carboxylic acids is 2. The first kappa shape index (κ1) is 17.3. The molecule has 0 aliphatic carbocycles. The molecule has 1 aliphatic heterocycles. The molecule has 0 radical (unpaired) electrons. The van der Waals surface area contributed by atoms with Crippen LogP contribution in [0.15, 0.2) is 48.5 Å². The Balaban J connectivity index is 1.75. The number of rotatable bonds is 4. The summed E-state index contributed by atoms with van der Waals surface area (Å²) in [5.41, 5.74) is 1.78. The van der Waals surface area contributed by atoms with E-state index in [1.807, 2.05) is 29.2 Å². The van der Waals surface area contributed by atoms with Crippen LogP contribution in [0, 0.1) is 11.3 Å². The summed E-state index contributed by atoms with van der Waals surface area (Å²) < 4.78 is 5.72. The standard InChI is InChI=1S/C19H18N4O3/c1-21-19(25)17-11-23(15-7-2-3-8-16(15)26-17)12-18(24)22-14-6-4-5-13(9-14)10-20/h2-9,17H,11-12H2,1H3,(H,21,25)(H,22,24). The Kier molecular flexibility index (Phi) is 5.04. The van der Waals surface area contributed by atoms with E-state index in [2.05, 4.69) is 10.6 Å². The zero-order valence-electron chi connectivity index (χ0n) is 14.2. The number of benzene rings is 2. The van der Waals surface area contributed by atoms with E-state index in [-0.39, 0.29) is 24.9 Å². The molecule has 0 fully saturated rings. The number of nitrogens with zero attached hydrogens (tertiary/aromatic N) is 2. The number of likely N-dealkylation sites (N-methyl/N-ethyl adjacent to an activating group) is 1. The Morgan fingerprint density at radius 3 is 2.85 bits per heavy atom. The molecule has 26 heavy (non-hydrogen) atoms. The molecule has 2 amide bonds. The molecule has 1 unspecified atom stereocenters. The van der Waals surface area contributed by atoms with Crippen LogP contribution in [0.1, 0.15) is 5.56 Å². The first-order valence-corrected chi connectivity index (χ1v) is 8.13. The van der Waals surface area contributed by atoms with Gasteiger partial charge in [0.1, 0.15) is 5.75 Å². The van der Waals surface area contributed by atoms with Crippen molar-refractivity contribution in [3.8, 4) is 11.8 Å². The number of fused-ring (bicyclic) bond motifs is 1. The summed E-state index contributed by atoms with van der Waals surface area (Å²) in [6.07, 6.45) is -0.690. The second kappa shape index (κ2) is 7.57. The lowest BCUT2D eigenvalue weighted by molar-refractivity contribution is -0.127. The highest BCUT2D eigenvalue weighted by molar-refractivity contribution is 5.95. The molecule has 7 nitrogen and oxygen atoms in total. The molecule has 1 aliphatic rings. The predicted molar refractivity (Wildman–Crippen MR) is 96.9 cm³/mol. The first-order valence-electron chi connectivity index (χ1n) is 8.13. The quantitative estimate of drug-likeness (QED) is 0.872. The largest absolute Gasteiger partial charge is 0.477 e. The van der Waals surface area contributed by atoms with Gasteiger partial charge in [0.25, 0.3) is 5.91 Å². The van der Waals surface area contributed by atoms with Crippen LogP contribution in [0.25, 0.3) is 0 Å². The number of para-hydroxylation sites is 2. The van der Waals surface area contributed by atoms with Gasteiger partial charge in [0.15, 0.2) is 6.10 Å². The van der Waals surface area contributed by atoms with E-state index in [4.69, 9.17) is 10.00 Å². The van der Waals surface area contributed by atoms with Crippen molar-refractivity contribution < 1.29 is 14.3 Å². The SMILES string of the molecule is CNC(=O)C1CN(CC(=O)Nc2cccc(C#N)c2)c2ccccc2O1. The van der Waals surface area contributed by atoms with Crippen LogP contribution >= 0.6 is 0 Å². The third-order valence-corrected chi connectivity index (χ3v) is 4.01. The molecule has 0 bridgehead atoms. The van der Waals surface area contributed by atoms with Crippen molar-refractivity contribution in [1.82, 2.24) is 5.32 Å². The Morgan fingerprint density at radius 1 is 1.27 bits per heavy atom. The van der Waals surface area contributed by atoms with Gasteiger partial charge < -0.3 is 20.3 Å². The van der Waals surface area contributed by atoms with Crippen LogP contribution in [-0.4, -0.2) is 38.1 Å². The number of anilines is 2. The van der Waals surface area contributed by atoms with Gasteiger partial charge in [0.2, 0.25) is 5.91 Å². The van der Waals surface area contributed by atoms with E-state index in [1.54, 1.807) is 37.4 Å². The fourth-order valence-corrected chi connectivity index (χ4v) is 2.79. The minimum Gasteiger partial charge on any atom is -0.477 e. The summed E-state index contributed by atoms with van der Waals surface area (Å²) in [5, 5.41) is 14.3. The Hall–Kier alpha value is -3.53. The summed E-state index contributed by atoms with van der Waals surface area (Å²) in [5.74, 6) is 0.0747. The topological polar surface area (TPSA) is 94.5 Å². The number of amides is 2. The third kappa shape index (κ3) is 3.75. The van der Waals surface area contributed by atoms with Crippen LogP contribution in [0.4, 0.5) is 11.4 Å². The average Bonchev–Trinajstić information content (AvgIpc) is 2.67. The Bertz CT molecular complexity index is 875. The Morgan fingerprint density at radius 2 is 2.08 bits per heavy atom. The molecule has 2 aromatic rings. The van der Waals surface area contributed by atoms with Gasteiger partial charge in [-0.05, 0) is 30.3 Å². The molecule has 1 atom stereocenters. The number of carbonyl (C=O) groups is 2. The van der Waals surface area contributed by atoms with Gasteiger partial charge in [0, 0.05) is 12.7 Å². The maximum Gasteiger partial charge on any atom is 0.262 e. The van der Waals surface area contributed by atoms with Crippen molar-refractivity contribution in [2.75, 3.05) is 30.4 Å². The molecule has 0 aromatic heterocycles. The first-order chi connectivity index (χ1) is 12.6. The van der Waals surface area contributed by atoms with Crippen LogP contribution in [0.2, 0.25) is 0 Å². The molecular formula is C19H18N4O3. The summed E-state index contributed by atoms with van der Waals surface area (Å²) in [6.45, 7) is 0.326. The minimum absolute atomic E-state index is 0.0602. The van der Waals surface area contributed by atoms with E-state index in [0.717, 1.165) is 5.69 Å². The Labute approximate surface area is 151 Å². The maximum absolute atomic E-state index is 12.5. The van der Waals surface area contributed by atoms with E-state index in [0.29, 0.717) is 17.0 Å². The highest BCUT2D eigenvalue weighted by Gasteiger charge is 2.30. The van der Waals surface area contributed by atoms with Crippen molar-refractivity contribution in [3.05, 3.63) is 54.1 Å². The molecule has 132 valence electrons. The van der Waals surface area contributed by atoms with Crippen LogP contribution in [0.3, 0.4) is 0 Å². The number of hydrogen-bond acceptors (Lipinski definition) is 5. The third-order valence-electron chi connectivity index (χ3n) is 4.01. The van der Waals surface area contributed by atoms with Crippen molar-refractivity contribution in [2.45, 2.75) is 6.10 Å². The molecule has 0 saturated heterocycles. The molecule has 3 rings (SSSR count). The van der Waals surface area contributed by atoms with E-state index in [1.165, 1.54) is 0 Å². The van der Waals surface area contributed by atoms with Gasteiger partial charge in [-0.1, -0.05) is 18.2 Å². The lowest BCUT2D eigenvalue weighted by Crippen LogP contribution is -2.50. The highest BCUT2D eigenvalue weighted by Crippen LogP contribution is 2.32. The maximum atomic E-state index is 12.5. The molecule has 2 aromatic carbocycles. The smallest absolute Gasteiger partial charge is 0.262 e. The molecule has 7 heteroatoms. The molecule has 2 N–H and O–H groups in total. The van der Waals surface area contributed by atoms with Crippen molar-refractivity contribution in [1.29, 1.82) is 5.26 Å². The second-order valence-electron chi connectivity index (χ2n) is 5.81. The molecule has 0 saturated carbocycles. The van der Waals surface area contributed by atoms with Gasteiger partial charge in [-0.2, -0.15) is 5.26 Å². The summed E-state index contributed by atoms with van der Waals surface area (Å²) in [6, 6.07) is 16.0. The predicted octanol–water partition coefficient (Wildman–Crippen LogP) is 1.51. The van der Waals surface area contributed by atoms with Gasteiger partial charge in [0.05, 0.1) is 30.4 Å². The van der Waals surface area contributed by atoms with E-state index in [9.17, 15) is 9.59 Å². The van der Waals surface area contributed by atoms with Crippen LogP contribution < -0.4 is 20.3 Å². The number of hydrogen-bond donors (Lipinski definition) is 2. The molecular weight excluding hydrogens is 332 g/mol. The zero-order valence-corrected chi connectivity index (χ0v) is 14.2. The van der Waals surface area contributed by atoms with E-state index >= 15 is 0 Å². The summed E-state index contributed by atoms with van der Waals surface area (Å²) in [4.78, 5) is 26.2. The average molecular weight is 350 g/mol. The molecule has 1 heterocycles. The number of nitriles is 1. The lowest BCUT2D eigenvalue weighted by Gasteiger charge is -2.34. The highest BCUT2D eigenvalue weighted by atomic mass is 16.5. The van der Waals surface area contributed by atoms with Crippen molar-refractivity contribution >= 4 is 23.2 Å². The lowest BCUT2D eigenvalue weighted by atomic mass is 10.1. The van der Waals surface area contributed by atoms with Gasteiger partial charge >= 0.3 is 0 Å². The normalized spacial score (nSPS) is 15.2. The second-order valence-corrected chi connectivity index (χ2v) is 5.81. The van der Waals surface area contributed by atoms with Gasteiger partial charge in [-0.25, -0.2) is 0 Å². The van der Waals surface area contributed by atoms with Crippen LogP contribution in [-0.2, 0) is 9.59 Å². The monoisotopic (exact) mass is 350 g/mol. The number of ether oxygens (including phenoxy) is 1. The fourth-order valence-electron chi connectivity index (χ4n) is 2.79. The molecule has 0 spiro atoms. The van der Waals surface area contributed by atoms with Crippen LogP contribution in [0.5, 0.6) is 5.75 Å². The van der Waals surface area contributed by atoms with Crippen molar-refractivity contribution in [3.63, 3.8) is 0 Å². The fraction of sp³-hybridized carbons (Fsp3) is 0.211. The van der Waals surface area contributed by atoms with Gasteiger partial charge in [-0.15, -0.1) is 0 Å². The van der Waals surface area contributed by atoms with Gasteiger partial charge in [-0.3, -0.25) is 9.59 Å². The van der Waals surface area contributed by atoms with E-state index < -0.39 is 6.10 Å². The van der Waals surface area contributed by atoms with Crippen molar-refractivity contribution in [2.24, 2.45) is 0 Å². The minimum atomic E-state index is -0.690. The zero-order chi connectivity index (χ0) is 18.5.